The van der Waals surface area contributed by atoms with Crippen molar-refractivity contribution in [3.63, 3.8) is 0 Å². The van der Waals surface area contributed by atoms with Crippen LogP contribution in [0.3, 0.4) is 0 Å². The molecule has 120 valence electrons. The zero-order valence-electron chi connectivity index (χ0n) is 13.7. The highest BCUT2D eigenvalue weighted by Gasteiger charge is 2.39. The van der Waals surface area contributed by atoms with Crippen molar-refractivity contribution < 1.29 is 4.79 Å². The summed E-state index contributed by atoms with van der Waals surface area (Å²) in [6, 6.07) is 15.8. The summed E-state index contributed by atoms with van der Waals surface area (Å²) >= 11 is 0. The third-order valence-electron chi connectivity index (χ3n) is 5.75. The summed E-state index contributed by atoms with van der Waals surface area (Å²) in [5, 5.41) is 5.70. The minimum atomic E-state index is 0.239. The highest BCUT2D eigenvalue weighted by atomic mass is 16.1. The molecule has 2 aliphatic rings. The van der Waals surface area contributed by atoms with Crippen molar-refractivity contribution in [2.45, 2.75) is 31.8 Å². The van der Waals surface area contributed by atoms with Crippen molar-refractivity contribution in [2.75, 3.05) is 13.6 Å². The van der Waals surface area contributed by atoms with Gasteiger partial charge in [0.15, 0.2) is 0 Å². The van der Waals surface area contributed by atoms with Gasteiger partial charge in [-0.2, -0.15) is 0 Å². The Morgan fingerprint density at radius 3 is 2.78 bits per heavy atom. The molecule has 3 nitrogen and oxygen atoms in total. The van der Waals surface area contributed by atoms with Crippen LogP contribution in [-0.2, 0) is 11.3 Å². The topological polar surface area (TPSA) is 32.3 Å². The van der Waals surface area contributed by atoms with Crippen molar-refractivity contribution >= 4 is 16.7 Å². The van der Waals surface area contributed by atoms with Crippen LogP contribution in [0.2, 0.25) is 0 Å². The second-order valence-corrected chi connectivity index (χ2v) is 7.21. The molecule has 1 saturated carbocycles. The van der Waals surface area contributed by atoms with E-state index in [9.17, 15) is 4.79 Å². The maximum Gasteiger partial charge on any atom is 0.220 e. The molecular weight excluding hydrogens is 284 g/mol. The van der Waals surface area contributed by atoms with Gasteiger partial charge in [-0.05, 0) is 48.1 Å². The number of carbonyl (C=O) groups is 1. The molecule has 3 atom stereocenters. The number of rotatable bonds is 3. The first-order chi connectivity index (χ1) is 11.2. The van der Waals surface area contributed by atoms with Crippen LogP contribution in [0.25, 0.3) is 10.8 Å². The Morgan fingerprint density at radius 1 is 1.09 bits per heavy atom. The van der Waals surface area contributed by atoms with Crippen LogP contribution in [0, 0.1) is 11.8 Å². The standard InChI is InChI=1S/C20H24N2O/c1-22(18-9-16-11-20(23)21-12-17(16)10-18)13-15-7-4-6-14-5-2-3-8-19(14)15/h2-8,16-18H,9-13H2,1H3,(H,21,23)/t16-,17+,18-/m1/s1. The van der Waals surface area contributed by atoms with E-state index in [0.29, 0.717) is 17.9 Å². The van der Waals surface area contributed by atoms with Gasteiger partial charge < -0.3 is 5.32 Å². The number of amides is 1. The summed E-state index contributed by atoms with van der Waals surface area (Å²) < 4.78 is 0. The molecule has 2 aromatic carbocycles. The molecule has 2 fully saturated rings. The molecular formula is C20H24N2O. The number of hydrogen-bond acceptors (Lipinski definition) is 2. The van der Waals surface area contributed by atoms with E-state index in [1.54, 1.807) is 0 Å². The van der Waals surface area contributed by atoms with Crippen LogP contribution in [0.4, 0.5) is 0 Å². The van der Waals surface area contributed by atoms with Crippen molar-refractivity contribution in [2.24, 2.45) is 11.8 Å². The van der Waals surface area contributed by atoms with E-state index in [4.69, 9.17) is 0 Å². The van der Waals surface area contributed by atoms with Crippen LogP contribution in [0.15, 0.2) is 42.5 Å². The Morgan fingerprint density at radius 2 is 1.87 bits per heavy atom. The summed E-state index contributed by atoms with van der Waals surface area (Å²) in [5.41, 5.74) is 1.40. The van der Waals surface area contributed by atoms with Crippen LogP contribution in [0.1, 0.15) is 24.8 Å². The van der Waals surface area contributed by atoms with E-state index in [0.717, 1.165) is 19.5 Å². The molecule has 0 radical (unpaired) electrons. The number of nitrogens with zero attached hydrogens (tertiary/aromatic N) is 1. The van der Waals surface area contributed by atoms with E-state index < -0.39 is 0 Å². The van der Waals surface area contributed by atoms with Crippen LogP contribution in [0.5, 0.6) is 0 Å². The summed E-state index contributed by atoms with van der Waals surface area (Å²) in [6.07, 6.45) is 3.11. The van der Waals surface area contributed by atoms with Crippen molar-refractivity contribution in [1.29, 1.82) is 0 Å². The molecule has 0 unspecified atom stereocenters. The lowest BCUT2D eigenvalue weighted by Gasteiger charge is -2.25. The number of piperidine rings is 1. The summed E-state index contributed by atoms with van der Waals surface area (Å²) in [7, 11) is 2.24. The van der Waals surface area contributed by atoms with Gasteiger partial charge in [0.2, 0.25) is 5.91 Å². The third-order valence-corrected chi connectivity index (χ3v) is 5.75. The Balaban J connectivity index is 1.49. The van der Waals surface area contributed by atoms with Crippen molar-refractivity contribution in [3.05, 3.63) is 48.0 Å². The number of fused-ring (bicyclic) bond motifs is 2. The first kappa shape index (κ1) is 14.7. The van der Waals surface area contributed by atoms with Crippen LogP contribution >= 0.6 is 0 Å². The van der Waals surface area contributed by atoms with Gasteiger partial charge in [-0.3, -0.25) is 9.69 Å². The van der Waals surface area contributed by atoms with Gasteiger partial charge in [0, 0.05) is 25.6 Å². The summed E-state index contributed by atoms with van der Waals surface area (Å²) in [4.78, 5) is 14.1. The van der Waals surface area contributed by atoms with Gasteiger partial charge >= 0.3 is 0 Å². The van der Waals surface area contributed by atoms with E-state index in [1.807, 2.05) is 0 Å². The van der Waals surface area contributed by atoms with E-state index in [-0.39, 0.29) is 5.91 Å². The number of hydrogen-bond donors (Lipinski definition) is 1. The van der Waals surface area contributed by atoms with E-state index >= 15 is 0 Å². The van der Waals surface area contributed by atoms with Crippen LogP contribution < -0.4 is 5.32 Å². The average molecular weight is 308 g/mol. The lowest BCUT2D eigenvalue weighted by atomic mass is 9.89. The van der Waals surface area contributed by atoms with E-state index in [1.165, 1.54) is 29.2 Å². The van der Waals surface area contributed by atoms with Gasteiger partial charge in [-0.25, -0.2) is 0 Å². The molecule has 1 saturated heterocycles. The molecule has 0 aromatic heterocycles. The lowest BCUT2D eigenvalue weighted by molar-refractivity contribution is -0.124. The normalized spacial score (nSPS) is 27.2. The van der Waals surface area contributed by atoms with Gasteiger partial charge in [0.25, 0.3) is 0 Å². The molecule has 23 heavy (non-hydrogen) atoms. The summed E-state index contributed by atoms with van der Waals surface area (Å²) in [5.74, 6) is 1.50. The number of nitrogens with one attached hydrogen (secondary N) is 1. The van der Waals surface area contributed by atoms with Crippen molar-refractivity contribution in [3.8, 4) is 0 Å². The van der Waals surface area contributed by atoms with Gasteiger partial charge in [0.1, 0.15) is 0 Å². The highest BCUT2D eigenvalue weighted by molar-refractivity contribution is 5.85. The van der Waals surface area contributed by atoms with E-state index in [2.05, 4.69) is 59.7 Å². The molecule has 2 aromatic rings. The minimum absolute atomic E-state index is 0.239. The zero-order chi connectivity index (χ0) is 15.8. The Hall–Kier alpha value is -1.87. The number of carbonyl (C=O) groups excluding carboxylic acids is 1. The predicted octanol–water partition coefficient (Wildman–Crippen LogP) is 3.19. The summed E-state index contributed by atoms with van der Waals surface area (Å²) in [6.45, 7) is 1.86. The first-order valence-electron chi connectivity index (χ1n) is 8.64. The van der Waals surface area contributed by atoms with Gasteiger partial charge in [0.05, 0.1) is 0 Å². The monoisotopic (exact) mass is 308 g/mol. The lowest BCUT2D eigenvalue weighted by Crippen LogP contribution is -2.38. The quantitative estimate of drug-likeness (QED) is 0.944. The second kappa shape index (κ2) is 5.97. The predicted molar refractivity (Wildman–Crippen MR) is 93.0 cm³/mol. The maximum atomic E-state index is 11.6. The fraction of sp³-hybridized carbons (Fsp3) is 0.450. The molecule has 1 aliphatic carbocycles. The fourth-order valence-corrected chi connectivity index (χ4v) is 4.42. The molecule has 1 amide bonds. The Labute approximate surface area is 137 Å². The molecule has 4 rings (SSSR count). The Kier molecular flexibility index (Phi) is 3.82. The second-order valence-electron chi connectivity index (χ2n) is 7.21. The van der Waals surface area contributed by atoms with Crippen molar-refractivity contribution in [1.82, 2.24) is 10.2 Å². The first-order valence-corrected chi connectivity index (χ1v) is 8.64. The zero-order valence-corrected chi connectivity index (χ0v) is 13.7. The van der Waals surface area contributed by atoms with Gasteiger partial charge in [-0.15, -0.1) is 0 Å². The largest absolute Gasteiger partial charge is 0.356 e. The fourth-order valence-electron chi connectivity index (χ4n) is 4.42. The Bertz CT molecular complexity index is 721. The molecule has 3 heteroatoms. The smallest absolute Gasteiger partial charge is 0.220 e. The van der Waals surface area contributed by atoms with Crippen LogP contribution in [-0.4, -0.2) is 30.4 Å². The molecule has 1 N–H and O–H groups in total. The molecule has 1 heterocycles. The minimum Gasteiger partial charge on any atom is -0.356 e. The highest BCUT2D eigenvalue weighted by Crippen LogP contribution is 2.38. The maximum absolute atomic E-state index is 11.6. The number of benzene rings is 2. The van der Waals surface area contributed by atoms with Gasteiger partial charge in [-0.1, -0.05) is 42.5 Å². The molecule has 1 aliphatic heterocycles. The molecule has 0 spiro atoms. The molecule has 0 bridgehead atoms. The third kappa shape index (κ3) is 2.86. The SMILES string of the molecule is CN(Cc1cccc2ccccc12)[C@H]1C[C@H]2CNC(=O)C[C@H]2C1. The average Bonchev–Trinajstić information content (AvgIpc) is 2.98.